The highest BCUT2D eigenvalue weighted by Crippen LogP contribution is 2.38. The van der Waals surface area contributed by atoms with Crippen molar-refractivity contribution in [2.75, 3.05) is 33.2 Å². The van der Waals surface area contributed by atoms with E-state index in [-0.39, 0.29) is 17.4 Å². The monoisotopic (exact) mass is 329 g/mol. The van der Waals surface area contributed by atoms with Crippen LogP contribution < -0.4 is 0 Å². The first-order valence-electron chi connectivity index (χ1n) is 8.54. The number of imidazole rings is 1. The molecule has 0 saturated carbocycles. The van der Waals surface area contributed by atoms with Gasteiger partial charge in [0.05, 0.1) is 12.3 Å². The summed E-state index contributed by atoms with van der Waals surface area (Å²) in [7, 11) is 2.09. The second kappa shape index (κ2) is 5.82. The number of rotatable bonds is 1. The molecular formula is C17H23N5O2. The average Bonchev–Trinajstić information content (AvgIpc) is 3.02. The molecule has 7 heteroatoms. The number of likely N-dealkylation sites (tertiary alicyclic amines) is 2. The van der Waals surface area contributed by atoms with E-state index in [1.807, 2.05) is 11.0 Å². The summed E-state index contributed by atoms with van der Waals surface area (Å²) in [5.74, 6) is -0.0549. The van der Waals surface area contributed by atoms with Crippen LogP contribution in [0.25, 0.3) is 5.65 Å². The van der Waals surface area contributed by atoms with Gasteiger partial charge < -0.3 is 14.9 Å². The Kier molecular flexibility index (Phi) is 3.77. The second-order valence-electron chi connectivity index (χ2n) is 7.17. The number of aliphatic hydroxyl groups excluding tert-OH is 1. The Morgan fingerprint density at radius 3 is 3.12 bits per heavy atom. The molecular weight excluding hydrogens is 306 g/mol. The number of fused-ring (bicyclic) bond motifs is 1. The zero-order valence-electron chi connectivity index (χ0n) is 13.9. The van der Waals surface area contributed by atoms with Crippen LogP contribution in [0, 0.1) is 5.41 Å². The van der Waals surface area contributed by atoms with Crippen molar-refractivity contribution in [3.63, 3.8) is 0 Å². The number of hydrogen-bond acceptors (Lipinski definition) is 5. The largest absolute Gasteiger partial charge is 0.392 e. The zero-order chi connectivity index (χ0) is 16.7. The first kappa shape index (κ1) is 15.5. The van der Waals surface area contributed by atoms with E-state index in [0.717, 1.165) is 38.9 Å². The first-order chi connectivity index (χ1) is 11.6. The van der Waals surface area contributed by atoms with Crippen LogP contribution in [0.1, 0.15) is 29.8 Å². The van der Waals surface area contributed by atoms with Crippen LogP contribution in [0.5, 0.6) is 0 Å². The van der Waals surface area contributed by atoms with E-state index in [9.17, 15) is 9.90 Å². The molecule has 0 bridgehead atoms. The van der Waals surface area contributed by atoms with E-state index < -0.39 is 0 Å². The smallest absolute Gasteiger partial charge is 0.274 e. The van der Waals surface area contributed by atoms with Crippen molar-refractivity contribution in [1.29, 1.82) is 0 Å². The Balaban J connectivity index is 1.61. The number of carbonyl (C=O) groups is 1. The van der Waals surface area contributed by atoms with Gasteiger partial charge in [-0.05, 0) is 38.4 Å². The molecule has 2 aromatic rings. The quantitative estimate of drug-likeness (QED) is 0.831. The molecule has 128 valence electrons. The van der Waals surface area contributed by atoms with Crippen molar-refractivity contribution in [3.05, 3.63) is 30.2 Å². The lowest BCUT2D eigenvalue weighted by Gasteiger charge is -2.50. The summed E-state index contributed by atoms with van der Waals surface area (Å²) in [6, 6.07) is 3.64. The van der Waals surface area contributed by atoms with Gasteiger partial charge in [0.1, 0.15) is 0 Å². The van der Waals surface area contributed by atoms with Crippen LogP contribution in [-0.4, -0.2) is 74.7 Å². The molecule has 2 aliphatic rings. The number of aromatic nitrogens is 3. The van der Waals surface area contributed by atoms with E-state index in [2.05, 4.69) is 22.0 Å². The van der Waals surface area contributed by atoms with Crippen molar-refractivity contribution < 1.29 is 9.90 Å². The molecule has 7 nitrogen and oxygen atoms in total. The molecule has 2 atom stereocenters. The molecule has 2 aliphatic heterocycles. The van der Waals surface area contributed by atoms with Gasteiger partial charge in [0.2, 0.25) is 0 Å². The molecule has 0 radical (unpaired) electrons. The van der Waals surface area contributed by atoms with E-state index in [0.29, 0.717) is 17.9 Å². The number of nitrogens with zero attached hydrogens (tertiary/aromatic N) is 5. The number of aliphatic hydroxyl groups is 1. The molecule has 0 unspecified atom stereocenters. The number of piperidine rings is 2. The van der Waals surface area contributed by atoms with Crippen LogP contribution in [0.15, 0.2) is 24.5 Å². The fourth-order valence-corrected chi connectivity index (χ4v) is 4.24. The lowest BCUT2D eigenvalue weighted by molar-refractivity contribution is -0.0732. The van der Waals surface area contributed by atoms with Gasteiger partial charge in [-0.15, -0.1) is 0 Å². The molecule has 0 aliphatic carbocycles. The first-order valence-corrected chi connectivity index (χ1v) is 8.54. The van der Waals surface area contributed by atoms with Crippen molar-refractivity contribution in [1.82, 2.24) is 24.4 Å². The van der Waals surface area contributed by atoms with E-state index in [1.54, 1.807) is 23.0 Å². The van der Waals surface area contributed by atoms with Gasteiger partial charge in [-0.25, -0.2) is 9.50 Å². The van der Waals surface area contributed by atoms with Crippen molar-refractivity contribution in [2.45, 2.75) is 25.4 Å². The molecule has 1 spiro atoms. The Morgan fingerprint density at radius 2 is 2.25 bits per heavy atom. The predicted octanol–water partition coefficient (Wildman–Crippen LogP) is 0.648. The van der Waals surface area contributed by atoms with Gasteiger partial charge in [-0.1, -0.05) is 0 Å². The minimum absolute atomic E-state index is 0.0549. The van der Waals surface area contributed by atoms with Gasteiger partial charge >= 0.3 is 0 Å². The van der Waals surface area contributed by atoms with Crippen LogP contribution >= 0.6 is 0 Å². The summed E-state index contributed by atoms with van der Waals surface area (Å²) in [5.41, 5.74) is 0.945. The average molecular weight is 329 g/mol. The molecule has 0 aromatic carbocycles. The lowest BCUT2D eigenvalue weighted by atomic mass is 9.71. The summed E-state index contributed by atoms with van der Waals surface area (Å²) in [4.78, 5) is 21.4. The normalized spacial score (nSPS) is 28.6. The van der Waals surface area contributed by atoms with E-state index >= 15 is 0 Å². The molecule has 2 fully saturated rings. The van der Waals surface area contributed by atoms with Gasteiger partial charge in [0, 0.05) is 37.8 Å². The summed E-state index contributed by atoms with van der Waals surface area (Å²) < 4.78 is 1.59. The van der Waals surface area contributed by atoms with E-state index in [1.165, 1.54) is 0 Å². The SMILES string of the molecule is CN1CC[C@H](O)[C@@]2(CCCN(C(=O)c3cnc4cccnn34)C2)C1. The third-order valence-electron chi connectivity index (χ3n) is 5.47. The highest BCUT2D eigenvalue weighted by atomic mass is 16.3. The molecule has 4 rings (SSSR count). The summed E-state index contributed by atoms with van der Waals surface area (Å²) in [6.45, 7) is 3.06. The topological polar surface area (TPSA) is 74.0 Å². The second-order valence-corrected chi connectivity index (χ2v) is 7.17. The molecule has 2 saturated heterocycles. The van der Waals surface area contributed by atoms with Crippen LogP contribution in [0.2, 0.25) is 0 Å². The van der Waals surface area contributed by atoms with Crippen molar-refractivity contribution in [3.8, 4) is 0 Å². The highest BCUT2D eigenvalue weighted by Gasteiger charge is 2.45. The Morgan fingerprint density at radius 1 is 1.38 bits per heavy atom. The highest BCUT2D eigenvalue weighted by molar-refractivity contribution is 5.93. The van der Waals surface area contributed by atoms with Crippen molar-refractivity contribution >= 4 is 11.6 Å². The molecule has 24 heavy (non-hydrogen) atoms. The standard InChI is InChI=1S/C17H23N5O2/c1-20-9-5-14(23)17(11-20)6-3-8-21(12-17)16(24)13-10-18-15-4-2-7-19-22(13)15/h2,4,7,10,14,23H,3,5-6,8-9,11-12H2,1H3/t14-,17-/m0/s1. The van der Waals surface area contributed by atoms with Crippen LogP contribution in [-0.2, 0) is 0 Å². The van der Waals surface area contributed by atoms with Gasteiger partial charge in [-0.3, -0.25) is 4.79 Å². The van der Waals surface area contributed by atoms with Crippen LogP contribution in [0.3, 0.4) is 0 Å². The number of hydrogen-bond donors (Lipinski definition) is 1. The Labute approximate surface area is 140 Å². The van der Waals surface area contributed by atoms with Crippen LogP contribution in [0.4, 0.5) is 0 Å². The maximum Gasteiger partial charge on any atom is 0.274 e. The fraction of sp³-hybridized carbons (Fsp3) is 0.588. The molecule has 4 heterocycles. The van der Waals surface area contributed by atoms with Crippen molar-refractivity contribution in [2.24, 2.45) is 5.41 Å². The third kappa shape index (κ3) is 2.48. The summed E-state index contributed by atoms with van der Waals surface area (Å²) >= 11 is 0. The third-order valence-corrected chi connectivity index (χ3v) is 5.47. The number of carbonyl (C=O) groups excluding carboxylic acids is 1. The Hall–Kier alpha value is -1.99. The Bertz CT molecular complexity index is 760. The lowest BCUT2D eigenvalue weighted by Crippen LogP contribution is -2.59. The van der Waals surface area contributed by atoms with E-state index in [4.69, 9.17) is 0 Å². The maximum atomic E-state index is 13.0. The minimum atomic E-state index is -0.343. The zero-order valence-corrected chi connectivity index (χ0v) is 13.9. The van der Waals surface area contributed by atoms with Gasteiger partial charge in [0.15, 0.2) is 11.3 Å². The summed E-state index contributed by atoms with van der Waals surface area (Å²) in [6.07, 6.45) is 5.56. The minimum Gasteiger partial charge on any atom is -0.392 e. The molecule has 1 N–H and O–H groups in total. The predicted molar refractivity (Wildman–Crippen MR) is 88.7 cm³/mol. The fourth-order valence-electron chi connectivity index (χ4n) is 4.24. The number of amides is 1. The molecule has 1 amide bonds. The van der Waals surface area contributed by atoms with Gasteiger partial charge in [-0.2, -0.15) is 5.10 Å². The summed E-state index contributed by atoms with van der Waals surface area (Å²) in [5, 5.41) is 14.8. The molecule has 2 aromatic heterocycles. The van der Waals surface area contributed by atoms with Gasteiger partial charge in [0.25, 0.3) is 5.91 Å². The maximum absolute atomic E-state index is 13.0.